The summed E-state index contributed by atoms with van der Waals surface area (Å²) in [6.45, 7) is 3.16. The lowest BCUT2D eigenvalue weighted by molar-refractivity contribution is 0.0928. The van der Waals surface area contributed by atoms with E-state index in [0.29, 0.717) is 30.9 Å². The minimum Gasteiger partial charge on any atom is -0.346 e. The number of carbonyl (C=O) groups is 2. The van der Waals surface area contributed by atoms with E-state index in [9.17, 15) is 9.59 Å². The number of rotatable bonds is 7. The molecule has 1 unspecified atom stereocenters. The van der Waals surface area contributed by atoms with Gasteiger partial charge in [-0.05, 0) is 55.5 Å². The van der Waals surface area contributed by atoms with E-state index in [1.54, 1.807) is 18.3 Å². The van der Waals surface area contributed by atoms with Crippen molar-refractivity contribution >= 4 is 23.2 Å². The first kappa shape index (κ1) is 21.9. The molecule has 2 aromatic carbocycles. The second-order valence-corrected chi connectivity index (χ2v) is 7.73. The minimum atomic E-state index is -0.190. The number of pyridine rings is 1. The molecule has 1 aliphatic rings. The Hall–Kier alpha value is -4.31. The van der Waals surface area contributed by atoms with Gasteiger partial charge in [-0.15, -0.1) is 6.42 Å². The van der Waals surface area contributed by atoms with E-state index in [4.69, 9.17) is 6.42 Å². The summed E-state index contributed by atoms with van der Waals surface area (Å²) in [4.78, 5) is 33.2. The molecule has 166 valence electrons. The summed E-state index contributed by atoms with van der Waals surface area (Å²) >= 11 is 0. The Morgan fingerprint density at radius 1 is 1.15 bits per heavy atom. The zero-order valence-corrected chi connectivity index (χ0v) is 18.4. The maximum absolute atomic E-state index is 12.5. The second-order valence-electron chi connectivity index (χ2n) is 7.73. The molecule has 2 amide bonds. The highest BCUT2D eigenvalue weighted by Crippen LogP contribution is 2.27. The predicted molar refractivity (Wildman–Crippen MR) is 129 cm³/mol. The Morgan fingerprint density at radius 3 is 2.64 bits per heavy atom. The predicted octanol–water partition coefficient (Wildman–Crippen LogP) is 3.00. The van der Waals surface area contributed by atoms with Crippen LogP contribution in [0.4, 0.5) is 11.4 Å². The Labute approximate surface area is 193 Å². The minimum absolute atomic E-state index is 0.0843. The smallest absolute Gasteiger partial charge is 0.254 e. The number of amides is 2. The van der Waals surface area contributed by atoms with E-state index >= 15 is 0 Å². The van der Waals surface area contributed by atoms with Gasteiger partial charge in [0.25, 0.3) is 11.8 Å². The molecule has 1 aliphatic heterocycles. The van der Waals surface area contributed by atoms with Crippen molar-refractivity contribution < 1.29 is 9.59 Å². The number of para-hydroxylation sites is 1. The maximum atomic E-state index is 12.5. The van der Waals surface area contributed by atoms with Gasteiger partial charge in [0.05, 0.1) is 36.7 Å². The molecule has 0 spiro atoms. The van der Waals surface area contributed by atoms with Crippen molar-refractivity contribution in [1.82, 2.24) is 15.6 Å². The molecule has 0 fully saturated rings. The molecule has 0 aliphatic carbocycles. The number of aromatic nitrogens is 1. The number of anilines is 2. The number of benzene rings is 2. The molecule has 4 rings (SSSR count). The normalized spacial score (nSPS) is 14.6. The molecule has 7 heteroatoms. The van der Waals surface area contributed by atoms with Gasteiger partial charge in [0.1, 0.15) is 6.17 Å². The number of hydrogen-bond donors (Lipinski definition) is 2. The van der Waals surface area contributed by atoms with Gasteiger partial charge >= 0.3 is 0 Å². The van der Waals surface area contributed by atoms with Gasteiger partial charge in [0.15, 0.2) is 0 Å². The third-order valence-corrected chi connectivity index (χ3v) is 5.52. The quantitative estimate of drug-likeness (QED) is 0.554. The van der Waals surface area contributed by atoms with Crippen LogP contribution in [0.25, 0.3) is 0 Å². The zero-order valence-electron chi connectivity index (χ0n) is 18.4. The summed E-state index contributed by atoms with van der Waals surface area (Å²) in [6, 6.07) is 20.4. The standard InChI is InChI=1S/C26H25N5O2/c1-3-16-30(18-31-19(2)29-26(33)23-9-4-5-10-24(23)31)22-13-11-20(12-14-22)25(32)28-17-21-8-6-7-15-27-21/h1,4-15,19H,16-18H2,2H3,(H,28,32)(H,29,33). The number of fused-ring (bicyclic) bond motifs is 1. The molecule has 33 heavy (non-hydrogen) atoms. The van der Waals surface area contributed by atoms with Crippen LogP contribution in [0.1, 0.15) is 33.3 Å². The van der Waals surface area contributed by atoms with Gasteiger partial charge in [-0.1, -0.05) is 24.1 Å². The average molecular weight is 440 g/mol. The Bertz CT molecular complexity index is 1170. The molecule has 1 atom stereocenters. The van der Waals surface area contributed by atoms with Gasteiger partial charge in [-0.2, -0.15) is 0 Å². The topological polar surface area (TPSA) is 77.6 Å². The fraction of sp³-hybridized carbons (Fsp3) is 0.192. The van der Waals surface area contributed by atoms with Crippen molar-refractivity contribution in [2.45, 2.75) is 19.6 Å². The van der Waals surface area contributed by atoms with Crippen LogP contribution >= 0.6 is 0 Å². The number of carbonyl (C=O) groups excluding carboxylic acids is 2. The third-order valence-electron chi connectivity index (χ3n) is 5.52. The summed E-state index contributed by atoms with van der Waals surface area (Å²) in [5, 5.41) is 5.87. The largest absolute Gasteiger partial charge is 0.346 e. The highest BCUT2D eigenvalue weighted by Gasteiger charge is 2.28. The maximum Gasteiger partial charge on any atom is 0.254 e. The van der Waals surface area contributed by atoms with Crippen molar-refractivity contribution in [2.24, 2.45) is 0 Å². The van der Waals surface area contributed by atoms with Crippen LogP contribution < -0.4 is 20.4 Å². The third kappa shape index (κ3) is 4.96. The molecule has 7 nitrogen and oxygen atoms in total. The molecule has 2 heterocycles. The van der Waals surface area contributed by atoms with Crippen LogP contribution in [-0.4, -0.2) is 36.2 Å². The van der Waals surface area contributed by atoms with Crippen LogP contribution in [0.5, 0.6) is 0 Å². The summed E-state index contributed by atoms with van der Waals surface area (Å²) < 4.78 is 0. The Kier molecular flexibility index (Phi) is 6.56. The fourth-order valence-corrected chi connectivity index (χ4v) is 3.79. The number of hydrogen-bond acceptors (Lipinski definition) is 5. The zero-order chi connectivity index (χ0) is 23.2. The van der Waals surface area contributed by atoms with Gasteiger partial charge in [-0.3, -0.25) is 14.6 Å². The molecular formula is C26H25N5O2. The van der Waals surface area contributed by atoms with Crippen LogP contribution in [0.15, 0.2) is 72.9 Å². The van der Waals surface area contributed by atoms with E-state index in [1.165, 1.54) is 0 Å². The summed E-state index contributed by atoms with van der Waals surface area (Å²) in [6.07, 6.45) is 7.15. The van der Waals surface area contributed by atoms with Crippen LogP contribution in [-0.2, 0) is 6.54 Å². The van der Waals surface area contributed by atoms with E-state index in [1.807, 2.05) is 66.4 Å². The number of nitrogens with zero attached hydrogens (tertiary/aromatic N) is 3. The van der Waals surface area contributed by atoms with Gasteiger partial charge in [-0.25, -0.2) is 0 Å². The molecule has 1 aromatic heterocycles. The monoisotopic (exact) mass is 439 g/mol. The molecule has 0 saturated carbocycles. The number of nitrogens with one attached hydrogen (secondary N) is 2. The van der Waals surface area contributed by atoms with Crippen molar-refractivity contribution in [3.63, 3.8) is 0 Å². The lowest BCUT2D eigenvalue weighted by Gasteiger charge is -2.40. The van der Waals surface area contributed by atoms with E-state index in [-0.39, 0.29) is 18.0 Å². The van der Waals surface area contributed by atoms with Gasteiger partial charge in [0.2, 0.25) is 0 Å². The van der Waals surface area contributed by atoms with Crippen LogP contribution in [0.3, 0.4) is 0 Å². The SMILES string of the molecule is C#CCN(CN1c2ccccc2C(=O)NC1C)c1ccc(C(=O)NCc2ccccn2)cc1. The van der Waals surface area contributed by atoms with Crippen molar-refractivity contribution in [3.05, 3.63) is 89.7 Å². The Morgan fingerprint density at radius 2 is 1.91 bits per heavy atom. The molecule has 2 N–H and O–H groups in total. The first-order valence-corrected chi connectivity index (χ1v) is 10.7. The Balaban J connectivity index is 1.48. The van der Waals surface area contributed by atoms with Gasteiger partial charge < -0.3 is 20.4 Å². The number of terminal acetylenes is 1. The first-order chi connectivity index (χ1) is 16.1. The van der Waals surface area contributed by atoms with E-state index < -0.39 is 0 Å². The molecule has 0 saturated heterocycles. The molecule has 0 radical (unpaired) electrons. The average Bonchev–Trinajstić information content (AvgIpc) is 2.85. The van der Waals surface area contributed by atoms with Crippen molar-refractivity contribution in [2.75, 3.05) is 23.0 Å². The summed E-state index contributed by atoms with van der Waals surface area (Å²) in [7, 11) is 0. The molecule has 0 bridgehead atoms. The highest BCUT2D eigenvalue weighted by molar-refractivity contribution is 6.02. The van der Waals surface area contributed by atoms with Crippen LogP contribution in [0.2, 0.25) is 0 Å². The first-order valence-electron chi connectivity index (χ1n) is 10.7. The molecule has 3 aromatic rings. The fourth-order valence-electron chi connectivity index (χ4n) is 3.79. The van der Waals surface area contributed by atoms with E-state index in [0.717, 1.165) is 17.1 Å². The lowest BCUT2D eigenvalue weighted by atomic mass is 10.1. The van der Waals surface area contributed by atoms with Crippen molar-refractivity contribution in [3.8, 4) is 12.3 Å². The van der Waals surface area contributed by atoms with Crippen molar-refractivity contribution in [1.29, 1.82) is 0 Å². The highest BCUT2D eigenvalue weighted by atomic mass is 16.2. The van der Waals surface area contributed by atoms with E-state index in [2.05, 4.69) is 26.4 Å². The summed E-state index contributed by atoms with van der Waals surface area (Å²) in [5.74, 6) is 2.45. The summed E-state index contributed by atoms with van der Waals surface area (Å²) in [5.41, 5.74) is 3.73. The second kappa shape index (κ2) is 9.88. The van der Waals surface area contributed by atoms with Gasteiger partial charge in [0, 0.05) is 17.4 Å². The lowest BCUT2D eigenvalue weighted by Crippen LogP contribution is -2.54. The van der Waals surface area contributed by atoms with Crippen LogP contribution in [0, 0.1) is 12.3 Å². The molecular weight excluding hydrogens is 414 g/mol.